The highest BCUT2D eigenvalue weighted by atomic mass is 16.3. The Morgan fingerprint density at radius 1 is 1.15 bits per heavy atom. The topological polar surface area (TPSA) is 158 Å². The van der Waals surface area contributed by atoms with Crippen molar-refractivity contribution in [3.63, 3.8) is 0 Å². The van der Waals surface area contributed by atoms with Crippen LogP contribution in [0.1, 0.15) is 67.4 Å². The molecule has 0 heterocycles. The van der Waals surface area contributed by atoms with Crippen molar-refractivity contribution in [3.8, 4) is 5.75 Å². The molecule has 0 fully saturated rings. The number of aliphatic hydroxyl groups is 3. The zero-order chi connectivity index (χ0) is 24.9. The predicted octanol–water partition coefficient (Wildman–Crippen LogP) is 2.95. The minimum absolute atomic E-state index is 0.0821. The maximum Gasteiger partial charge on any atom is 0.255 e. The number of primary amides is 1. The number of rotatable bonds is 6. The second-order valence-corrected chi connectivity index (χ2v) is 9.73. The first kappa shape index (κ1) is 24.0. The van der Waals surface area contributed by atoms with Gasteiger partial charge in [0.2, 0.25) is 5.78 Å². The number of amides is 1. The normalized spacial score (nSPS) is 26.5. The molecule has 0 saturated carbocycles. The van der Waals surface area contributed by atoms with Crippen molar-refractivity contribution in [1.82, 2.24) is 0 Å². The third-order valence-electron chi connectivity index (χ3n) is 8.02. The standard InChI is InChI=1S/C26H31NO7/c1-3-12(4-2)5-6-13-7-8-17(28)20-16(13)10-14-9-15-11-18(29)21(25(27)33)24(32)26(15,34)23(31)19(14)22(20)30/h7-8,12,14-15,28-29,31,34H,3-6,9-11H2,1-2H3,(H2,27,33)/t14-,15+,26+/m1/s1. The first-order chi connectivity index (χ1) is 16.1. The molecule has 1 aromatic carbocycles. The van der Waals surface area contributed by atoms with Gasteiger partial charge in [-0.1, -0.05) is 32.8 Å². The van der Waals surface area contributed by atoms with Gasteiger partial charge >= 0.3 is 0 Å². The van der Waals surface area contributed by atoms with Crippen LogP contribution in [-0.2, 0) is 22.4 Å². The van der Waals surface area contributed by atoms with E-state index in [1.807, 2.05) is 6.07 Å². The number of phenolic OH excluding ortho intramolecular Hbond substituents is 1. The van der Waals surface area contributed by atoms with Crippen LogP contribution in [0.5, 0.6) is 5.75 Å². The Balaban J connectivity index is 1.79. The fourth-order valence-electron chi connectivity index (χ4n) is 5.97. The molecule has 0 spiro atoms. The quantitative estimate of drug-likeness (QED) is 0.401. The molecular formula is C26H31NO7. The van der Waals surface area contributed by atoms with E-state index in [9.17, 15) is 34.8 Å². The number of carbonyl (C=O) groups excluding carboxylic acids is 3. The van der Waals surface area contributed by atoms with E-state index in [4.69, 9.17) is 5.73 Å². The van der Waals surface area contributed by atoms with Crippen LogP contribution in [0.25, 0.3) is 0 Å². The Morgan fingerprint density at radius 3 is 2.44 bits per heavy atom. The number of fused-ring (bicyclic) bond motifs is 3. The Kier molecular flexibility index (Phi) is 6.06. The molecule has 4 rings (SSSR count). The average Bonchev–Trinajstić information content (AvgIpc) is 2.78. The summed E-state index contributed by atoms with van der Waals surface area (Å²) in [5.41, 5.74) is 3.57. The summed E-state index contributed by atoms with van der Waals surface area (Å²) in [6.45, 7) is 4.29. The van der Waals surface area contributed by atoms with Crippen LogP contribution in [0.4, 0.5) is 0 Å². The average molecular weight is 470 g/mol. The lowest BCUT2D eigenvalue weighted by atomic mass is 9.60. The van der Waals surface area contributed by atoms with Crippen LogP contribution >= 0.6 is 0 Å². The molecule has 1 aromatic rings. The molecule has 3 aliphatic rings. The van der Waals surface area contributed by atoms with Crippen LogP contribution in [0, 0.1) is 17.8 Å². The number of benzene rings is 1. The van der Waals surface area contributed by atoms with E-state index in [2.05, 4.69) is 13.8 Å². The van der Waals surface area contributed by atoms with Crippen molar-refractivity contribution >= 4 is 17.5 Å². The minimum atomic E-state index is -2.53. The summed E-state index contributed by atoms with van der Waals surface area (Å²) in [5.74, 6) is -5.49. The van der Waals surface area contributed by atoms with Crippen LogP contribution in [0.3, 0.4) is 0 Å². The number of aromatic hydroxyl groups is 1. The first-order valence-corrected chi connectivity index (χ1v) is 11.9. The molecule has 0 aliphatic heterocycles. The predicted molar refractivity (Wildman–Crippen MR) is 123 cm³/mol. The van der Waals surface area contributed by atoms with Gasteiger partial charge in [-0.05, 0) is 54.7 Å². The Morgan fingerprint density at radius 2 is 1.82 bits per heavy atom. The van der Waals surface area contributed by atoms with E-state index >= 15 is 0 Å². The van der Waals surface area contributed by atoms with E-state index in [0.717, 1.165) is 36.8 Å². The van der Waals surface area contributed by atoms with Gasteiger partial charge in [0.15, 0.2) is 11.4 Å². The molecule has 3 atom stereocenters. The Hall–Kier alpha value is -3.13. The van der Waals surface area contributed by atoms with Crippen LogP contribution in [0.2, 0.25) is 0 Å². The number of phenols is 1. The van der Waals surface area contributed by atoms with Crippen molar-refractivity contribution in [2.45, 2.75) is 64.4 Å². The Labute approximate surface area is 197 Å². The molecule has 0 aromatic heterocycles. The second kappa shape index (κ2) is 8.58. The summed E-state index contributed by atoms with van der Waals surface area (Å²) in [4.78, 5) is 38.2. The maximum atomic E-state index is 13.5. The van der Waals surface area contributed by atoms with E-state index in [1.54, 1.807) is 0 Å². The summed E-state index contributed by atoms with van der Waals surface area (Å²) < 4.78 is 0. The highest BCUT2D eigenvalue weighted by molar-refractivity contribution is 6.24. The van der Waals surface area contributed by atoms with Crippen molar-refractivity contribution < 1.29 is 34.8 Å². The van der Waals surface area contributed by atoms with E-state index in [0.29, 0.717) is 12.3 Å². The molecule has 182 valence electrons. The van der Waals surface area contributed by atoms with E-state index < -0.39 is 52.0 Å². The molecule has 0 radical (unpaired) electrons. The minimum Gasteiger partial charge on any atom is -0.511 e. The molecule has 3 aliphatic carbocycles. The number of carbonyl (C=O) groups is 3. The number of nitrogens with two attached hydrogens (primary N) is 1. The first-order valence-electron chi connectivity index (χ1n) is 11.9. The molecule has 34 heavy (non-hydrogen) atoms. The molecule has 0 bridgehead atoms. The smallest absolute Gasteiger partial charge is 0.255 e. The maximum absolute atomic E-state index is 13.5. The number of aliphatic hydroxyl groups excluding tert-OH is 2. The van der Waals surface area contributed by atoms with Gasteiger partial charge in [0.1, 0.15) is 22.8 Å². The highest BCUT2D eigenvalue weighted by Gasteiger charge is 2.59. The van der Waals surface area contributed by atoms with Crippen molar-refractivity contribution in [2.75, 3.05) is 0 Å². The van der Waals surface area contributed by atoms with Crippen molar-refractivity contribution in [2.24, 2.45) is 23.5 Å². The third-order valence-corrected chi connectivity index (χ3v) is 8.02. The SMILES string of the molecule is CCC(CC)CCc1ccc(O)c2c1C[C@H]1C[C@H]3CC(O)=C(C(N)=O)C(=O)[C@@]3(O)C(O)=C1C2=O. The summed E-state index contributed by atoms with van der Waals surface area (Å²) >= 11 is 0. The monoisotopic (exact) mass is 469 g/mol. The van der Waals surface area contributed by atoms with Gasteiger partial charge < -0.3 is 26.2 Å². The Bertz CT molecular complexity index is 1140. The van der Waals surface area contributed by atoms with E-state index in [1.165, 1.54) is 6.07 Å². The molecule has 0 saturated heterocycles. The third kappa shape index (κ3) is 3.43. The lowest BCUT2D eigenvalue weighted by Crippen LogP contribution is -2.57. The number of Topliss-reactive ketones (excluding diaryl/α,β-unsaturated/α-hetero) is 2. The largest absolute Gasteiger partial charge is 0.511 e. The summed E-state index contributed by atoms with van der Waals surface area (Å²) in [6, 6.07) is 3.30. The zero-order valence-electron chi connectivity index (χ0n) is 19.4. The molecule has 0 unspecified atom stereocenters. The van der Waals surface area contributed by atoms with Gasteiger partial charge in [0, 0.05) is 17.9 Å². The summed E-state index contributed by atoms with van der Waals surface area (Å²) in [6.07, 6.45) is 4.07. The number of allylic oxidation sites excluding steroid dienone is 2. The summed E-state index contributed by atoms with van der Waals surface area (Å²) in [5, 5.41) is 43.1. The van der Waals surface area contributed by atoms with E-state index in [-0.39, 0.29) is 29.7 Å². The molecule has 8 nitrogen and oxygen atoms in total. The lowest BCUT2D eigenvalue weighted by molar-refractivity contribution is -0.144. The van der Waals surface area contributed by atoms with Gasteiger partial charge in [-0.3, -0.25) is 14.4 Å². The molecular weight excluding hydrogens is 438 g/mol. The molecule has 8 heteroatoms. The van der Waals surface area contributed by atoms with Crippen LogP contribution in [0.15, 0.2) is 34.8 Å². The second-order valence-electron chi connectivity index (χ2n) is 9.73. The molecule has 1 amide bonds. The fourth-order valence-corrected chi connectivity index (χ4v) is 5.97. The van der Waals surface area contributed by atoms with Crippen LogP contribution in [-0.4, -0.2) is 43.5 Å². The van der Waals surface area contributed by atoms with Gasteiger partial charge in [-0.15, -0.1) is 0 Å². The number of hydrogen-bond acceptors (Lipinski definition) is 7. The van der Waals surface area contributed by atoms with Crippen molar-refractivity contribution in [1.29, 1.82) is 0 Å². The number of hydrogen-bond donors (Lipinski definition) is 5. The fraction of sp³-hybridized carbons (Fsp3) is 0.500. The van der Waals surface area contributed by atoms with Crippen LogP contribution < -0.4 is 5.73 Å². The number of aryl methyl sites for hydroxylation is 1. The van der Waals surface area contributed by atoms with Crippen molar-refractivity contribution in [3.05, 3.63) is 51.5 Å². The molecule has 6 N–H and O–H groups in total. The van der Waals surface area contributed by atoms with Gasteiger partial charge in [0.05, 0.1) is 5.56 Å². The van der Waals surface area contributed by atoms with Gasteiger partial charge in [0.25, 0.3) is 5.91 Å². The van der Waals surface area contributed by atoms with Gasteiger partial charge in [-0.25, -0.2) is 0 Å². The zero-order valence-corrected chi connectivity index (χ0v) is 19.4. The number of ketones is 2. The lowest BCUT2D eigenvalue weighted by Gasteiger charge is -2.45. The highest BCUT2D eigenvalue weighted by Crippen LogP contribution is 2.51. The summed E-state index contributed by atoms with van der Waals surface area (Å²) in [7, 11) is 0. The van der Waals surface area contributed by atoms with Gasteiger partial charge in [-0.2, -0.15) is 0 Å².